The van der Waals surface area contributed by atoms with Gasteiger partial charge in [0.15, 0.2) is 0 Å². The lowest BCUT2D eigenvalue weighted by Gasteiger charge is -2.26. The highest BCUT2D eigenvalue weighted by Crippen LogP contribution is 2.40. The molecule has 1 unspecified atom stereocenters. The van der Waals surface area contributed by atoms with E-state index in [0.29, 0.717) is 11.8 Å². The van der Waals surface area contributed by atoms with Crippen molar-refractivity contribution in [2.45, 2.75) is 62.8 Å². The minimum atomic E-state index is -0.376. The van der Waals surface area contributed by atoms with Crippen LogP contribution in [-0.2, 0) is 17.6 Å². The first-order valence-corrected chi connectivity index (χ1v) is 9.83. The Labute approximate surface area is 151 Å². The van der Waals surface area contributed by atoms with E-state index in [9.17, 15) is 5.11 Å². The Morgan fingerprint density at radius 1 is 1.16 bits per heavy atom. The first-order chi connectivity index (χ1) is 12.1. The molecule has 25 heavy (non-hydrogen) atoms. The van der Waals surface area contributed by atoms with E-state index in [0.717, 1.165) is 58.2 Å². The van der Waals surface area contributed by atoms with Gasteiger partial charge in [0, 0.05) is 25.4 Å². The van der Waals surface area contributed by atoms with Gasteiger partial charge in [-0.2, -0.15) is 0 Å². The number of aliphatic hydroxyl groups is 2. The van der Waals surface area contributed by atoms with Crippen LogP contribution in [-0.4, -0.2) is 42.2 Å². The molecule has 0 bridgehead atoms. The first kappa shape index (κ1) is 18.8. The summed E-state index contributed by atoms with van der Waals surface area (Å²) in [5, 5.41) is 18.3. The molecule has 0 amide bonds. The lowest BCUT2D eigenvalue weighted by molar-refractivity contribution is 0.0884. The highest BCUT2D eigenvalue weighted by atomic mass is 16.5. The molecule has 0 aromatic heterocycles. The first-order valence-electron chi connectivity index (χ1n) is 9.83. The maximum atomic E-state index is 9.48. The predicted octanol–water partition coefficient (Wildman–Crippen LogP) is 2.54. The van der Waals surface area contributed by atoms with Gasteiger partial charge in [-0.05, 0) is 79.9 Å². The largest absolute Gasteiger partial charge is 0.396 e. The molecule has 2 aliphatic rings. The third-order valence-corrected chi connectivity index (χ3v) is 6.04. The van der Waals surface area contributed by atoms with Crippen LogP contribution in [0.5, 0.6) is 0 Å². The quantitative estimate of drug-likeness (QED) is 0.632. The van der Waals surface area contributed by atoms with Crippen molar-refractivity contribution in [3.05, 3.63) is 34.9 Å². The van der Waals surface area contributed by atoms with Crippen molar-refractivity contribution in [1.82, 2.24) is 0 Å². The molecule has 1 aromatic rings. The number of hydrogen-bond acceptors (Lipinski definition) is 4. The van der Waals surface area contributed by atoms with Crippen molar-refractivity contribution in [3.63, 3.8) is 0 Å². The number of nitrogens with two attached hydrogens (primary N) is 1. The lowest BCUT2D eigenvalue weighted by atomic mass is 9.82. The third kappa shape index (κ3) is 4.82. The van der Waals surface area contributed by atoms with E-state index in [1.54, 1.807) is 0 Å². The van der Waals surface area contributed by atoms with Crippen LogP contribution in [0.2, 0.25) is 0 Å². The topological polar surface area (TPSA) is 75.7 Å². The summed E-state index contributed by atoms with van der Waals surface area (Å²) < 4.78 is 5.78. The van der Waals surface area contributed by atoms with Crippen LogP contribution in [0.1, 0.15) is 61.1 Å². The Balaban J connectivity index is 1.53. The molecule has 4 N–H and O–H groups in total. The highest BCUT2D eigenvalue weighted by Gasteiger charge is 2.36. The molecule has 0 spiro atoms. The summed E-state index contributed by atoms with van der Waals surface area (Å²) in [6.45, 7) is 1.94. The molecular weight excluding hydrogens is 314 g/mol. The van der Waals surface area contributed by atoms with Crippen molar-refractivity contribution >= 4 is 0 Å². The molecule has 4 nitrogen and oxygen atoms in total. The summed E-state index contributed by atoms with van der Waals surface area (Å²) in [6, 6.07) is 6.97. The number of aliphatic hydroxyl groups excluding tert-OH is 2. The zero-order valence-corrected chi connectivity index (χ0v) is 15.3. The van der Waals surface area contributed by atoms with Gasteiger partial charge >= 0.3 is 0 Å². The monoisotopic (exact) mass is 347 g/mol. The second kappa shape index (κ2) is 8.63. The summed E-state index contributed by atoms with van der Waals surface area (Å²) in [4.78, 5) is 0. The normalized spacial score (nSPS) is 28.9. The molecular formula is C21H33NO3. The van der Waals surface area contributed by atoms with Crippen molar-refractivity contribution < 1.29 is 14.9 Å². The van der Waals surface area contributed by atoms with E-state index < -0.39 is 0 Å². The SMILES string of the molecule is N[C@]1(CO)CC[C@H](c2ccc3c(c2)CCC(COCCCCO)C3)C1. The van der Waals surface area contributed by atoms with Crippen LogP contribution >= 0.6 is 0 Å². The fourth-order valence-electron chi connectivity index (χ4n) is 4.40. The number of ether oxygens (including phenoxy) is 1. The Morgan fingerprint density at radius 3 is 2.80 bits per heavy atom. The average molecular weight is 347 g/mol. The van der Waals surface area contributed by atoms with Gasteiger partial charge in [-0.1, -0.05) is 18.2 Å². The fraction of sp³-hybridized carbons (Fsp3) is 0.714. The molecule has 1 fully saturated rings. The Morgan fingerprint density at radius 2 is 2.04 bits per heavy atom. The zero-order chi connectivity index (χ0) is 17.7. The van der Waals surface area contributed by atoms with Crippen LogP contribution in [0, 0.1) is 5.92 Å². The van der Waals surface area contributed by atoms with E-state index in [4.69, 9.17) is 15.6 Å². The third-order valence-electron chi connectivity index (χ3n) is 6.04. The second-order valence-corrected chi connectivity index (χ2v) is 8.10. The van der Waals surface area contributed by atoms with Crippen LogP contribution in [0.15, 0.2) is 18.2 Å². The Bertz CT molecular complexity index is 562. The maximum Gasteiger partial charge on any atom is 0.0611 e. The van der Waals surface area contributed by atoms with Crippen LogP contribution < -0.4 is 5.73 Å². The molecule has 1 saturated carbocycles. The molecule has 2 aliphatic carbocycles. The summed E-state index contributed by atoms with van der Waals surface area (Å²) in [5.74, 6) is 1.11. The number of unbranched alkanes of at least 4 members (excludes halogenated alkanes) is 1. The summed E-state index contributed by atoms with van der Waals surface area (Å²) in [7, 11) is 0. The van der Waals surface area contributed by atoms with Gasteiger partial charge in [0.1, 0.15) is 0 Å². The number of fused-ring (bicyclic) bond motifs is 1. The van der Waals surface area contributed by atoms with E-state index in [2.05, 4.69) is 18.2 Å². The summed E-state index contributed by atoms with van der Waals surface area (Å²) in [5.41, 5.74) is 10.2. The standard InChI is InChI=1S/C21H33NO3/c22-21(15-24)8-7-20(13-21)19-6-5-17-11-16(3-4-18(17)12-19)14-25-10-2-1-9-23/h5-6,12,16,20,23-24H,1-4,7-11,13-15,22H2/t16?,20-,21+/m0/s1. The van der Waals surface area contributed by atoms with Crippen molar-refractivity contribution in [3.8, 4) is 0 Å². The lowest BCUT2D eigenvalue weighted by Crippen LogP contribution is -2.40. The van der Waals surface area contributed by atoms with E-state index >= 15 is 0 Å². The molecule has 3 atom stereocenters. The fourth-order valence-corrected chi connectivity index (χ4v) is 4.40. The Kier molecular flexibility index (Phi) is 6.50. The predicted molar refractivity (Wildman–Crippen MR) is 99.7 cm³/mol. The van der Waals surface area contributed by atoms with E-state index in [1.165, 1.54) is 23.1 Å². The summed E-state index contributed by atoms with van der Waals surface area (Å²) in [6.07, 6.45) is 8.11. The number of hydrogen-bond donors (Lipinski definition) is 3. The summed E-state index contributed by atoms with van der Waals surface area (Å²) >= 11 is 0. The minimum Gasteiger partial charge on any atom is -0.396 e. The molecule has 1 aromatic carbocycles. The second-order valence-electron chi connectivity index (χ2n) is 8.10. The van der Waals surface area contributed by atoms with Gasteiger partial charge in [0.05, 0.1) is 6.61 Å². The number of benzene rings is 1. The van der Waals surface area contributed by atoms with E-state index in [-0.39, 0.29) is 18.8 Å². The van der Waals surface area contributed by atoms with Crippen LogP contribution in [0.4, 0.5) is 0 Å². The molecule has 0 aliphatic heterocycles. The van der Waals surface area contributed by atoms with Crippen molar-refractivity contribution in [1.29, 1.82) is 0 Å². The average Bonchev–Trinajstić information content (AvgIpc) is 3.04. The molecule has 4 heteroatoms. The zero-order valence-electron chi connectivity index (χ0n) is 15.3. The van der Waals surface area contributed by atoms with Crippen LogP contribution in [0.3, 0.4) is 0 Å². The molecule has 3 rings (SSSR count). The Hall–Kier alpha value is -0.940. The van der Waals surface area contributed by atoms with Gasteiger partial charge in [-0.15, -0.1) is 0 Å². The van der Waals surface area contributed by atoms with Gasteiger partial charge in [-0.25, -0.2) is 0 Å². The number of aryl methyl sites for hydroxylation is 1. The van der Waals surface area contributed by atoms with Gasteiger partial charge < -0.3 is 20.7 Å². The van der Waals surface area contributed by atoms with Crippen LogP contribution in [0.25, 0.3) is 0 Å². The van der Waals surface area contributed by atoms with Crippen molar-refractivity contribution in [2.24, 2.45) is 11.7 Å². The highest BCUT2D eigenvalue weighted by molar-refractivity contribution is 5.36. The van der Waals surface area contributed by atoms with E-state index in [1.807, 2.05) is 0 Å². The maximum absolute atomic E-state index is 9.48. The number of rotatable bonds is 8. The van der Waals surface area contributed by atoms with Gasteiger partial charge in [-0.3, -0.25) is 0 Å². The molecule has 0 heterocycles. The smallest absolute Gasteiger partial charge is 0.0611 e. The van der Waals surface area contributed by atoms with Crippen molar-refractivity contribution in [2.75, 3.05) is 26.4 Å². The molecule has 0 radical (unpaired) electrons. The van der Waals surface area contributed by atoms with Gasteiger partial charge in [0.25, 0.3) is 0 Å². The minimum absolute atomic E-state index is 0.0917. The molecule has 0 saturated heterocycles. The molecule has 140 valence electrons. The van der Waals surface area contributed by atoms with Gasteiger partial charge in [0.2, 0.25) is 0 Å².